The van der Waals surface area contributed by atoms with E-state index in [4.69, 9.17) is 9.47 Å². The van der Waals surface area contributed by atoms with Crippen LogP contribution < -0.4 is 9.80 Å². The van der Waals surface area contributed by atoms with Gasteiger partial charge in [-0.2, -0.15) is 0 Å². The van der Waals surface area contributed by atoms with Gasteiger partial charge in [-0.3, -0.25) is 9.80 Å². The summed E-state index contributed by atoms with van der Waals surface area (Å²) < 4.78 is 14.6. The van der Waals surface area contributed by atoms with Crippen LogP contribution in [0.25, 0.3) is 0 Å². The molecule has 0 saturated carbocycles. The zero-order valence-corrected chi connectivity index (χ0v) is 26.1. The van der Waals surface area contributed by atoms with Crippen molar-refractivity contribution in [3.63, 3.8) is 0 Å². The molecule has 0 saturated heterocycles. The van der Waals surface area contributed by atoms with E-state index in [1.165, 1.54) is 11.1 Å². The normalized spacial score (nSPS) is 13.8. The number of hydrogen-bond acceptors (Lipinski definition) is 6. The number of hydrogen-bond donors (Lipinski definition) is 1. The summed E-state index contributed by atoms with van der Waals surface area (Å²) >= 11 is 6.68. The van der Waals surface area contributed by atoms with Crippen LogP contribution in [0.4, 0.5) is 21.0 Å². The molecular weight excluding hydrogens is 565 g/mol. The van der Waals surface area contributed by atoms with Crippen molar-refractivity contribution in [1.82, 2.24) is 0 Å². The Morgan fingerprint density at radius 2 is 1.32 bits per heavy atom. The second-order valence-corrected chi connectivity index (χ2v) is 12.3. The van der Waals surface area contributed by atoms with Gasteiger partial charge in [-0.1, -0.05) is 34.1 Å². The van der Waals surface area contributed by atoms with Gasteiger partial charge in [0.05, 0.1) is 11.4 Å². The second kappa shape index (κ2) is 13.2. The first-order valence-electron chi connectivity index (χ1n) is 12.5. The van der Waals surface area contributed by atoms with Crippen LogP contribution in [0.5, 0.6) is 0 Å². The predicted octanol–water partition coefficient (Wildman–Crippen LogP) is 7.53. The molecule has 0 spiro atoms. The van der Waals surface area contributed by atoms with Crippen molar-refractivity contribution in [1.29, 1.82) is 0 Å². The molecule has 205 valence electrons. The zero-order valence-electron chi connectivity index (χ0n) is 23.6. The fourth-order valence-corrected chi connectivity index (χ4v) is 5.00. The van der Waals surface area contributed by atoms with E-state index < -0.39 is 11.2 Å². The minimum absolute atomic E-state index is 0.245. The molecule has 4 rings (SSSR count). The average Bonchev–Trinajstić information content (AvgIpc) is 3.38. The molecule has 0 bridgehead atoms. The number of carbonyl (C=O) groups is 2. The molecule has 0 atom stereocenters. The van der Waals surface area contributed by atoms with E-state index >= 15 is 0 Å². The van der Waals surface area contributed by atoms with E-state index in [-0.39, 0.29) is 12.2 Å². The number of aryl methyl sites for hydroxylation is 2. The first kappa shape index (κ1) is 31.9. The topological polar surface area (TPSA) is 71.4 Å². The molecule has 2 aromatic carbocycles. The van der Waals surface area contributed by atoms with Gasteiger partial charge in [0.25, 0.3) is 0 Å². The number of amides is 2. The predicted molar refractivity (Wildman–Crippen MR) is 162 cm³/mol. The number of para-hydroxylation sites is 1. The van der Waals surface area contributed by atoms with E-state index in [0.717, 1.165) is 46.4 Å². The number of carbonyl (C=O) groups excluding carboxylic acids is 2. The van der Waals surface area contributed by atoms with E-state index in [2.05, 4.69) is 52.8 Å². The van der Waals surface area contributed by atoms with Gasteiger partial charge in [-0.15, -0.1) is 0 Å². The van der Waals surface area contributed by atoms with Crippen molar-refractivity contribution >= 4 is 59.9 Å². The van der Waals surface area contributed by atoms with Crippen LogP contribution in [0.1, 0.15) is 63.8 Å². The summed E-state index contributed by atoms with van der Waals surface area (Å²) in [4.78, 5) is 27.7. The number of nitrogens with zero attached hydrogens (tertiary/aromatic N) is 3. The van der Waals surface area contributed by atoms with Crippen LogP contribution >= 0.6 is 28.7 Å². The molecule has 0 unspecified atom stereocenters. The Balaban J connectivity index is 0.000000242. The molecule has 0 N–H and O–H groups in total. The maximum absolute atomic E-state index is 12.2. The molecular formula is C28H38BBrN3O4S. The number of rotatable bonds is 0. The standard InChI is InChI=1S/C14H18BrNO2.C14H19NO2.BHNS/c1-9-7-11(15)8-10-5-6-16(12(9)10)13(17)18-14(2,3)4;1-10-6-5-7-11-8-9-15(12(10)11)13(16)17-14(2,3)4;1-2-3/h7-8H,5-6H2,1-4H3;5-7H,8-9H2,1-4H3;3H. The molecule has 2 amide bonds. The maximum atomic E-state index is 12.2. The third kappa shape index (κ3) is 8.87. The number of anilines is 2. The van der Waals surface area contributed by atoms with E-state index in [1.54, 1.807) is 9.80 Å². The molecule has 7 nitrogen and oxygen atoms in total. The Kier molecular flexibility index (Phi) is 11.0. The van der Waals surface area contributed by atoms with Crippen LogP contribution in [0.15, 0.2) is 39.1 Å². The van der Waals surface area contributed by atoms with Gasteiger partial charge in [0.1, 0.15) is 11.2 Å². The molecule has 1 radical (unpaired) electrons. The Hall–Kier alpha value is -2.33. The van der Waals surface area contributed by atoms with Crippen molar-refractivity contribution in [2.45, 2.75) is 79.4 Å². The molecule has 2 aliphatic rings. The SMILES string of the molecule is Cc1cc(Br)cc2c1N(C(=O)OC(C)(C)C)CC2.Cc1cccc2c1N(C(=O)OC(C)(C)C)CC2.[B]=NS. The van der Waals surface area contributed by atoms with E-state index in [1.807, 2.05) is 73.6 Å². The van der Waals surface area contributed by atoms with E-state index in [9.17, 15) is 9.59 Å². The zero-order chi connectivity index (χ0) is 28.8. The minimum atomic E-state index is -0.455. The van der Waals surface area contributed by atoms with Crippen molar-refractivity contribution < 1.29 is 19.1 Å². The molecule has 38 heavy (non-hydrogen) atoms. The summed E-state index contributed by atoms with van der Waals surface area (Å²) in [5, 5.41) is 0. The van der Waals surface area contributed by atoms with Crippen LogP contribution in [0.2, 0.25) is 0 Å². The monoisotopic (exact) mass is 602 g/mol. The Morgan fingerprint density at radius 1 is 0.868 bits per heavy atom. The van der Waals surface area contributed by atoms with Gasteiger partial charge >= 0.3 is 36.9 Å². The van der Waals surface area contributed by atoms with Crippen LogP contribution in [0.3, 0.4) is 0 Å². The number of ether oxygens (including phenoxy) is 2. The second-order valence-electron chi connectivity index (χ2n) is 11.2. The van der Waals surface area contributed by atoms with Gasteiger partial charge in [-0.05, 0) is 103 Å². The Bertz CT molecular complexity index is 1180. The van der Waals surface area contributed by atoms with Crippen molar-refractivity contribution in [2.75, 3.05) is 22.9 Å². The summed E-state index contributed by atoms with van der Waals surface area (Å²) in [6.45, 7) is 16.8. The molecule has 0 aromatic heterocycles. The molecule has 0 aliphatic carbocycles. The number of halogens is 1. The summed E-state index contributed by atoms with van der Waals surface area (Å²) in [5.74, 6) is 0. The molecule has 10 heteroatoms. The first-order valence-corrected chi connectivity index (χ1v) is 13.7. The van der Waals surface area contributed by atoms with Gasteiger partial charge in [0.2, 0.25) is 0 Å². The number of benzene rings is 2. The van der Waals surface area contributed by atoms with Gasteiger partial charge in [-0.25, -0.2) is 9.59 Å². The number of fused-ring (bicyclic) bond motifs is 2. The first-order chi connectivity index (χ1) is 17.6. The van der Waals surface area contributed by atoms with Crippen molar-refractivity contribution in [2.24, 2.45) is 4.30 Å². The summed E-state index contributed by atoms with van der Waals surface area (Å²) in [5.41, 5.74) is 5.80. The Morgan fingerprint density at radius 3 is 1.79 bits per heavy atom. The summed E-state index contributed by atoms with van der Waals surface area (Å²) in [6.07, 6.45) is 1.29. The van der Waals surface area contributed by atoms with E-state index in [0.29, 0.717) is 6.54 Å². The molecule has 2 aromatic rings. The Labute approximate surface area is 242 Å². The fourth-order valence-electron chi connectivity index (χ4n) is 4.38. The van der Waals surface area contributed by atoms with Gasteiger partial charge in [0.15, 0.2) is 0 Å². The van der Waals surface area contributed by atoms with Crippen molar-refractivity contribution in [3.8, 4) is 0 Å². The third-order valence-corrected chi connectivity index (χ3v) is 6.10. The summed E-state index contributed by atoms with van der Waals surface area (Å²) in [7, 11) is 4.34. The van der Waals surface area contributed by atoms with Crippen LogP contribution in [0, 0.1) is 13.8 Å². The molecule has 2 heterocycles. The summed E-state index contributed by atoms with van der Waals surface area (Å²) in [6, 6.07) is 10.2. The third-order valence-electron chi connectivity index (χ3n) is 5.64. The van der Waals surface area contributed by atoms with Gasteiger partial charge < -0.3 is 9.47 Å². The van der Waals surface area contributed by atoms with Crippen LogP contribution in [-0.4, -0.2) is 44.1 Å². The van der Waals surface area contributed by atoms with Gasteiger partial charge in [0, 0.05) is 17.6 Å². The van der Waals surface area contributed by atoms with Crippen molar-refractivity contribution in [3.05, 3.63) is 57.1 Å². The quantitative estimate of drug-likeness (QED) is 0.250. The fraction of sp³-hybridized carbons (Fsp3) is 0.500. The average molecular weight is 603 g/mol. The molecule has 0 fully saturated rings. The van der Waals surface area contributed by atoms with Crippen LogP contribution in [-0.2, 0) is 22.3 Å². The molecule has 2 aliphatic heterocycles. The number of thiol groups is 1.